The van der Waals surface area contributed by atoms with E-state index in [1.807, 2.05) is 14.1 Å². The summed E-state index contributed by atoms with van der Waals surface area (Å²) in [5.74, 6) is 0.233. The van der Waals surface area contributed by atoms with Gasteiger partial charge >= 0.3 is 0 Å². The van der Waals surface area contributed by atoms with Crippen molar-refractivity contribution in [1.29, 1.82) is 0 Å². The highest BCUT2D eigenvalue weighted by molar-refractivity contribution is 5.75. The second kappa shape index (κ2) is 18.2. The molecule has 0 radical (unpaired) electrons. The zero-order valence-electron chi connectivity index (χ0n) is 17.2. The highest BCUT2D eigenvalue weighted by Crippen LogP contribution is 2.10. The molecule has 0 aliphatic carbocycles. The van der Waals surface area contributed by atoms with Crippen LogP contribution in [0.2, 0.25) is 0 Å². The second-order valence-electron chi connectivity index (χ2n) is 7.57. The van der Waals surface area contributed by atoms with Gasteiger partial charge in [-0.1, -0.05) is 71.1 Å². The minimum Gasteiger partial charge on any atom is -0.392 e. The maximum atomic E-state index is 11.4. The lowest BCUT2D eigenvalue weighted by atomic mass is 10.1. The largest absolute Gasteiger partial charge is 0.392 e. The molecule has 25 heavy (non-hydrogen) atoms. The summed E-state index contributed by atoms with van der Waals surface area (Å²) in [6.45, 7) is 4.02. The molecule has 150 valence electrons. The van der Waals surface area contributed by atoms with Crippen molar-refractivity contribution in [1.82, 2.24) is 10.2 Å². The number of unbranched alkanes of at least 4 members (excludes halogenated alkanes) is 10. The summed E-state index contributed by atoms with van der Waals surface area (Å²) < 4.78 is 0. The molecule has 0 aliphatic heterocycles. The van der Waals surface area contributed by atoms with Gasteiger partial charge in [0.15, 0.2) is 0 Å². The van der Waals surface area contributed by atoms with Gasteiger partial charge in [-0.05, 0) is 25.8 Å². The summed E-state index contributed by atoms with van der Waals surface area (Å²) in [5.41, 5.74) is 0. The maximum absolute atomic E-state index is 11.4. The van der Waals surface area contributed by atoms with E-state index in [-0.39, 0.29) is 12.0 Å². The van der Waals surface area contributed by atoms with Crippen LogP contribution in [0.5, 0.6) is 0 Å². The zero-order valence-corrected chi connectivity index (χ0v) is 17.2. The number of aliphatic hydroxyl groups excluding tert-OH is 1. The van der Waals surface area contributed by atoms with Crippen LogP contribution in [0, 0.1) is 0 Å². The van der Waals surface area contributed by atoms with Crippen LogP contribution in [-0.2, 0) is 4.79 Å². The van der Waals surface area contributed by atoms with E-state index in [0.717, 1.165) is 38.8 Å². The molecule has 1 unspecified atom stereocenters. The van der Waals surface area contributed by atoms with Crippen LogP contribution in [0.1, 0.15) is 96.8 Å². The summed E-state index contributed by atoms with van der Waals surface area (Å²) >= 11 is 0. The molecule has 0 aromatic heterocycles. The third-order valence-electron chi connectivity index (χ3n) is 4.76. The Balaban J connectivity index is 3.23. The van der Waals surface area contributed by atoms with Crippen molar-refractivity contribution in [2.24, 2.45) is 0 Å². The van der Waals surface area contributed by atoms with Gasteiger partial charge in [0.2, 0.25) is 5.91 Å². The van der Waals surface area contributed by atoms with Gasteiger partial charge in [0.05, 0.1) is 6.10 Å². The Bertz CT molecular complexity index is 296. The van der Waals surface area contributed by atoms with Crippen molar-refractivity contribution >= 4 is 5.91 Å². The smallest absolute Gasteiger partial charge is 0.222 e. The third kappa shape index (κ3) is 18.0. The maximum Gasteiger partial charge on any atom is 0.222 e. The standard InChI is InChI=1S/C21H44N2O2/c1-4-5-6-7-12-15-18-22-19-20(24)16-13-10-8-9-11-14-17-21(25)23(2)3/h20,22,24H,4-19H2,1-3H3. The van der Waals surface area contributed by atoms with Crippen molar-refractivity contribution in [3.63, 3.8) is 0 Å². The van der Waals surface area contributed by atoms with E-state index in [2.05, 4.69) is 12.2 Å². The lowest BCUT2D eigenvalue weighted by Gasteiger charge is -2.12. The molecule has 0 saturated heterocycles. The van der Waals surface area contributed by atoms with Gasteiger partial charge in [-0.25, -0.2) is 0 Å². The summed E-state index contributed by atoms with van der Waals surface area (Å²) in [6, 6.07) is 0. The van der Waals surface area contributed by atoms with Gasteiger partial charge in [-0.15, -0.1) is 0 Å². The predicted molar refractivity (Wildman–Crippen MR) is 108 cm³/mol. The molecule has 2 N–H and O–H groups in total. The molecular weight excluding hydrogens is 312 g/mol. The van der Waals surface area contributed by atoms with Crippen molar-refractivity contribution in [2.75, 3.05) is 27.2 Å². The van der Waals surface area contributed by atoms with E-state index in [1.54, 1.807) is 4.90 Å². The molecule has 0 heterocycles. The van der Waals surface area contributed by atoms with Gasteiger partial charge in [0.25, 0.3) is 0 Å². The summed E-state index contributed by atoms with van der Waals surface area (Å²) in [4.78, 5) is 13.1. The average Bonchev–Trinajstić information content (AvgIpc) is 2.59. The van der Waals surface area contributed by atoms with Crippen LogP contribution in [0.15, 0.2) is 0 Å². The zero-order chi connectivity index (χ0) is 18.8. The molecular formula is C21H44N2O2. The molecule has 4 nitrogen and oxygen atoms in total. The number of nitrogens with zero attached hydrogens (tertiary/aromatic N) is 1. The number of carbonyl (C=O) groups is 1. The van der Waals surface area contributed by atoms with E-state index in [4.69, 9.17) is 0 Å². The van der Waals surface area contributed by atoms with Crippen molar-refractivity contribution < 1.29 is 9.90 Å². The Hall–Kier alpha value is -0.610. The molecule has 0 aromatic rings. The molecule has 1 atom stereocenters. The fourth-order valence-corrected chi connectivity index (χ4v) is 2.99. The van der Waals surface area contributed by atoms with Crippen molar-refractivity contribution in [2.45, 2.75) is 103 Å². The van der Waals surface area contributed by atoms with Crippen molar-refractivity contribution in [3.8, 4) is 0 Å². The Morgan fingerprint density at radius 2 is 1.44 bits per heavy atom. The van der Waals surface area contributed by atoms with Crippen LogP contribution in [0.4, 0.5) is 0 Å². The summed E-state index contributed by atoms with van der Waals surface area (Å²) in [6.07, 6.45) is 16.2. The van der Waals surface area contributed by atoms with E-state index in [9.17, 15) is 9.90 Å². The topological polar surface area (TPSA) is 52.6 Å². The van der Waals surface area contributed by atoms with Gasteiger partial charge in [-0.2, -0.15) is 0 Å². The van der Waals surface area contributed by atoms with E-state index < -0.39 is 0 Å². The van der Waals surface area contributed by atoms with Crippen LogP contribution in [0.25, 0.3) is 0 Å². The lowest BCUT2D eigenvalue weighted by molar-refractivity contribution is -0.128. The van der Waals surface area contributed by atoms with Gasteiger partial charge < -0.3 is 15.3 Å². The lowest BCUT2D eigenvalue weighted by Crippen LogP contribution is -2.27. The molecule has 0 aromatic carbocycles. The number of hydrogen-bond acceptors (Lipinski definition) is 3. The third-order valence-corrected chi connectivity index (χ3v) is 4.76. The highest BCUT2D eigenvalue weighted by atomic mass is 16.3. The van der Waals surface area contributed by atoms with Crippen LogP contribution < -0.4 is 5.32 Å². The number of carbonyl (C=O) groups excluding carboxylic acids is 1. The number of aliphatic hydroxyl groups is 1. The first-order chi connectivity index (χ1) is 12.1. The Morgan fingerprint density at radius 1 is 0.880 bits per heavy atom. The first-order valence-corrected chi connectivity index (χ1v) is 10.7. The second-order valence-corrected chi connectivity index (χ2v) is 7.57. The Morgan fingerprint density at radius 3 is 2.08 bits per heavy atom. The number of rotatable bonds is 18. The molecule has 0 rings (SSSR count). The number of hydrogen-bond donors (Lipinski definition) is 2. The fraction of sp³-hybridized carbons (Fsp3) is 0.952. The number of amides is 1. The molecule has 0 aliphatic rings. The van der Waals surface area contributed by atoms with Gasteiger partial charge in [0, 0.05) is 27.1 Å². The predicted octanol–water partition coefficient (Wildman–Crippen LogP) is 4.51. The first-order valence-electron chi connectivity index (χ1n) is 10.7. The monoisotopic (exact) mass is 356 g/mol. The van der Waals surface area contributed by atoms with Crippen LogP contribution >= 0.6 is 0 Å². The highest BCUT2D eigenvalue weighted by Gasteiger charge is 2.04. The van der Waals surface area contributed by atoms with Crippen LogP contribution in [-0.4, -0.2) is 49.2 Å². The first kappa shape index (κ1) is 24.4. The molecule has 0 saturated carbocycles. The minimum absolute atomic E-state index is 0.196. The van der Waals surface area contributed by atoms with E-state index in [1.165, 1.54) is 57.8 Å². The molecule has 0 fully saturated rings. The molecule has 0 bridgehead atoms. The summed E-state index contributed by atoms with van der Waals surface area (Å²) in [5, 5.41) is 13.3. The quantitative estimate of drug-likeness (QED) is 0.355. The van der Waals surface area contributed by atoms with Crippen molar-refractivity contribution in [3.05, 3.63) is 0 Å². The Kier molecular flexibility index (Phi) is 17.7. The van der Waals surface area contributed by atoms with Gasteiger partial charge in [-0.3, -0.25) is 4.79 Å². The van der Waals surface area contributed by atoms with E-state index in [0.29, 0.717) is 6.42 Å². The van der Waals surface area contributed by atoms with Gasteiger partial charge in [0.1, 0.15) is 0 Å². The summed E-state index contributed by atoms with van der Waals surface area (Å²) in [7, 11) is 3.63. The molecule has 0 spiro atoms. The normalized spacial score (nSPS) is 12.3. The van der Waals surface area contributed by atoms with E-state index >= 15 is 0 Å². The average molecular weight is 357 g/mol. The molecule has 1 amide bonds. The SMILES string of the molecule is CCCCCCCCNCC(O)CCCCCCCCC(=O)N(C)C. The minimum atomic E-state index is -0.196. The van der Waals surface area contributed by atoms with Crippen LogP contribution in [0.3, 0.4) is 0 Å². The Labute approximate surface area is 156 Å². The fourth-order valence-electron chi connectivity index (χ4n) is 2.99. The number of nitrogens with one attached hydrogen (secondary N) is 1. The molecule has 4 heteroatoms.